The predicted molar refractivity (Wildman–Crippen MR) is 118 cm³/mol. The molecule has 5 rings (SSSR count). The van der Waals surface area contributed by atoms with Gasteiger partial charge in [-0.15, -0.1) is 0 Å². The van der Waals surface area contributed by atoms with Crippen LogP contribution in [0.25, 0.3) is 11.1 Å². The van der Waals surface area contributed by atoms with Gasteiger partial charge in [-0.05, 0) is 38.5 Å². The lowest BCUT2D eigenvalue weighted by Crippen LogP contribution is -2.32. The first-order chi connectivity index (χ1) is 15.3. The van der Waals surface area contributed by atoms with E-state index in [-0.39, 0.29) is 17.3 Å². The third-order valence-electron chi connectivity index (χ3n) is 5.70. The van der Waals surface area contributed by atoms with Crippen molar-refractivity contribution in [3.63, 3.8) is 0 Å². The van der Waals surface area contributed by atoms with E-state index in [1.165, 1.54) is 6.26 Å². The zero-order valence-electron chi connectivity index (χ0n) is 18.0. The SMILES string of the molecule is Cc1nc2oc(C(=O)c3ccccc3)c(NC(=O)c3ccco3)c2c2c1COC(C)(C)C2. The highest BCUT2D eigenvalue weighted by atomic mass is 16.5. The van der Waals surface area contributed by atoms with Gasteiger partial charge < -0.3 is 18.9 Å². The summed E-state index contributed by atoms with van der Waals surface area (Å²) in [6, 6.07) is 12.0. The zero-order chi connectivity index (χ0) is 22.5. The molecule has 0 bridgehead atoms. The molecule has 32 heavy (non-hydrogen) atoms. The predicted octanol–water partition coefficient (Wildman–Crippen LogP) is 5.06. The summed E-state index contributed by atoms with van der Waals surface area (Å²) in [5.74, 6) is -0.637. The number of hydrogen-bond acceptors (Lipinski definition) is 6. The smallest absolute Gasteiger partial charge is 0.291 e. The first-order valence-corrected chi connectivity index (χ1v) is 10.4. The maximum absolute atomic E-state index is 13.4. The quantitative estimate of drug-likeness (QED) is 0.455. The van der Waals surface area contributed by atoms with Crippen LogP contribution in [0.5, 0.6) is 0 Å². The Balaban J connectivity index is 1.74. The van der Waals surface area contributed by atoms with E-state index in [2.05, 4.69) is 10.3 Å². The lowest BCUT2D eigenvalue weighted by atomic mass is 9.89. The summed E-state index contributed by atoms with van der Waals surface area (Å²) in [7, 11) is 0. The topological polar surface area (TPSA) is 94.6 Å². The summed E-state index contributed by atoms with van der Waals surface area (Å²) < 4.78 is 17.2. The van der Waals surface area contributed by atoms with E-state index in [0.717, 1.165) is 16.8 Å². The minimum absolute atomic E-state index is 0.0377. The minimum atomic E-state index is -0.472. The highest BCUT2D eigenvalue weighted by Crippen LogP contribution is 2.41. The van der Waals surface area contributed by atoms with Gasteiger partial charge in [0.2, 0.25) is 17.3 Å². The van der Waals surface area contributed by atoms with Crippen LogP contribution in [0.1, 0.15) is 57.3 Å². The number of carbonyl (C=O) groups is 2. The average molecular weight is 430 g/mol. The van der Waals surface area contributed by atoms with E-state index in [1.54, 1.807) is 36.4 Å². The van der Waals surface area contributed by atoms with Gasteiger partial charge in [0.1, 0.15) is 5.69 Å². The van der Waals surface area contributed by atoms with Crippen LogP contribution in [0.3, 0.4) is 0 Å². The second-order valence-corrected chi connectivity index (χ2v) is 8.49. The Hall–Kier alpha value is -3.71. The van der Waals surface area contributed by atoms with Crippen molar-refractivity contribution < 1.29 is 23.2 Å². The zero-order valence-corrected chi connectivity index (χ0v) is 18.0. The van der Waals surface area contributed by atoms with Crippen molar-refractivity contribution >= 4 is 28.5 Å². The molecule has 0 aliphatic carbocycles. The maximum atomic E-state index is 13.4. The standard InChI is InChI=1S/C25H22N2O5/c1-14-17-13-31-25(2,3)12-16(17)19-20(27-23(29)18-10-7-11-30-18)22(32-24(19)26-14)21(28)15-8-5-4-6-9-15/h4-11H,12-13H2,1-3H3,(H,27,29). The number of ketones is 1. The van der Waals surface area contributed by atoms with Crippen molar-refractivity contribution in [3.05, 3.63) is 82.6 Å². The first kappa shape index (κ1) is 20.2. The van der Waals surface area contributed by atoms with E-state index in [9.17, 15) is 9.59 Å². The van der Waals surface area contributed by atoms with Crippen molar-refractivity contribution in [3.8, 4) is 0 Å². The fraction of sp³-hybridized carbons (Fsp3) is 0.240. The summed E-state index contributed by atoms with van der Waals surface area (Å²) in [4.78, 5) is 30.8. The van der Waals surface area contributed by atoms with Gasteiger partial charge >= 0.3 is 0 Å². The number of ether oxygens (including phenoxy) is 1. The van der Waals surface area contributed by atoms with E-state index < -0.39 is 11.5 Å². The van der Waals surface area contributed by atoms with Gasteiger partial charge in [-0.25, -0.2) is 4.98 Å². The van der Waals surface area contributed by atoms with Crippen LogP contribution in [0.4, 0.5) is 5.69 Å². The molecule has 4 heterocycles. The van der Waals surface area contributed by atoms with Crippen molar-refractivity contribution in [1.29, 1.82) is 0 Å². The number of furan rings is 2. The average Bonchev–Trinajstić information content (AvgIpc) is 3.42. The van der Waals surface area contributed by atoms with Crippen LogP contribution in [-0.4, -0.2) is 22.3 Å². The third-order valence-corrected chi connectivity index (χ3v) is 5.70. The highest BCUT2D eigenvalue weighted by molar-refractivity contribution is 6.18. The Kier molecular flexibility index (Phi) is 4.71. The van der Waals surface area contributed by atoms with Crippen LogP contribution in [0.2, 0.25) is 0 Å². The Labute approximate surface area is 184 Å². The maximum Gasteiger partial charge on any atom is 0.291 e. The Morgan fingerprint density at radius 1 is 1.06 bits per heavy atom. The number of hydrogen-bond donors (Lipinski definition) is 1. The molecule has 1 aromatic carbocycles. The summed E-state index contributed by atoms with van der Waals surface area (Å²) >= 11 is 0. The molecule has 162 valence electrons. The third kappa shape index (κ3) is 3.40. The molecule has 0 unspecified atom stereocenters. The number of carbonyl (C=O) groups excluding carboxylic acids is 2. The highest BCUT2D eigenvalue weighted by Gasteiger charge is 2.34. The molecule has 0 spiro atoms. The molecule has 1 aliphatic rings. The number of fused-ring (bicyclic) bond motifs is 3. The molecule has 4 aromatic rings. The molecule has 0 saturated heterocycles. The van der Waals surface area contributed by atoms with E-state index in [1.807, 2.05) is 26.8 Å². The van der Waals surface area contributed by atoms with Crippen LogP contribution in [-0.2, 0) is 17.8 Å². The Morgan fingerprint density at radius 3 is 2.56 bits per heavy atom. The first-order valence-electron chi connectivity index (χ1n) is 10.4. The monoisotopic (exact) mass is 430 g/mol. The van der Waals surface area contributed by atoms with Crippen molar-refractivity contribution in [1.82, 2.24) is 4.98 Å². The largest absolute Gasteiger partial charge is 0.459 e. The van der Waals surface area contributed by atoms with Crippen molar-refractivity contribution in [2.24, 2.45) is 0 Å². The number of aromatic nitrogens is 1. The summed E-state index contributed by atoms with van der Waals surface area (Å²) in [5.41, 5.74) is 3.36. The number of amides is 1. The van der Waals surface area contributed by atoms with Crippen molar-refractivity contribution in [2.45, 2.75) is 39.4 Å². The molecule has 3 aromatic heterocycles. The molecule has 1 aliphatic heterocycles. The number of aryl methyl sites for hydroxylation is 1. The molecule has 0 radical (unpaired) electrons. The summed E-state index contributed by atoms with van der Waals surface area (Å²) in [6.45, 7) is 6.31. The van der Waals surface area contributed by atoms with Gasteiger partial charge in [-0.2, -0.15) is 0 Å². The van der Waals surface area contributed by atoms with Gasteiger partial charge in [0.05, 0.1) is 23.9 Å². The Bertz CT molecular complexity index is 1330. The molecule has 0 fully saturated rings. The van der Waals surface area contributed by atoms with Crippen LogP contribution < -0.4 is 5.32 Å². The molecule has 7 nitrogen and oxygen atoms in total. The number of benzene rings is 1. The second kappa shape index (κ2) is 7.46. The summed E-state index contributed by atoms with van der Waals surface area (Å²) in [5, 5.41) is 3.48. The van der Waals surface area contributed by atoms with E-state index in [0.29, 0.717) is 35.4 Å². The number of anilines is 1. The van der Waals surface area contributed by atoms with Gasteiger partial charge in [0.25, 0.3) is 5.91 Å². The molecular formula is C25H22N2O5. The van der Waals surface area contributed by atoms with E-state index >= 15 is 0 Å². The Morgan fingerprint density at radius 2 is 1.84 bits per heavy atom. The normalized spacial score (nSPS) is 14.8. The van der Waals surface area contributed by atoms with Crippen LogP contribution >= 0.6 is 0 Å². The van der Waals surface area contributed by atoms with Crippen LogP contribution in [0.15, 0.2) is 57.6 Å². The fourth-order valence-electron chi connectivity index (χ4n) is 4.08. The van der Waals surface area contributed by atoms with Crippen molar-refractivity contribution in [2.75, 3.05) is 5.32 Å². The van der Waals surface area contributed by atoms with E-state index in [4.69, 9.17) is 13.6 Å². The molecule has 1 N–H and O–H groups in total. The second-order valence-electron chi connectivity index (χ2n) is 8.49. The fourth-order valence-corrected chi connectivity index (χ4v) is 4.08. The number of rotatable bonds is 4. The lowest BCUT2D eigenvalue weighted by molar-refractivity contribution is -0.0400. The number of nitrogens with zero attached hydrogens (tertiary/aromatic N) is 1. The molecule has 1 amide bonds. The molecule has 0 atom stereocenters. The van der Waals surface area contributed by atoms with Crippen LogP contribution in [0, 0.1) is 6.92 Å². The van der Waals surface area contributed by atoms with Gasteiger partial charge in [-0.3, -0.25) is 9.59 Å². The van der Waals surface area contributed by atoms with Gasteiger partial charge in [-0.1, -0.05) is 30.3 Å². The van der Waals surface area contributed by atoms with Gasteiger partial charge in [0.15, 0.2) is 5.76 Å². The number of nitrogens with one attached hydrogen (secondary N) is 1. The molecule has 7 heteroatoms. The van der Waals surface area contributed by atoms with Gasteiger partial charge in [0, 0.05) is 23.2 Å². The summed E-state index contributed by atoms with van der Waals surface area (Å²) in [6.07, 6.45) is 2.01. The molecular weight excluding hydrogens is 408 g/mol. The number of pyridine rings is 1. The molecule has 0 saturated carbocycles. The minimum Gasteiger partial charge on any atom is -0.459 e. The lowest BCUT2D eigenvalue weighted by Gasteiger charge is -2.32.